The fourth-order valence-electron chi connectivity index (χ4n) is 4.77. The van der Waals surface area contributed by atoms with Crippen LogP contribution >= 0.6 is 11.6 Å². The Morgan fingerprint density at radius 3 is 2.53 bits per heavy atom. The minimum absolute atomic E-state index is 0.0429. The van der Waals surface area contributed by atoms with Gasteiger partial charge in [0.05, 0.1) is 34.2 Å². The molecule has 16 heteroatoms. The van der Waals surface area contributed by atoms with Gasteiger partial charge in [0.15, 0.2) is 5.82 Å². The molecule has 0 aliphatic carbocycles. The number of hydrogen-bond acceptors (Lipinski definition) is 6. The number of anilines is 1. The van der Waals surface area contributed by atoms with E-state index in [2.05, 4.69) is 20.7 Å². The third kappa shape index (κ3) is 8.30. The highest BCUT2D eigenvalue weighted by molar-refractivity contribution is 6.30. The van der Waals surface area contributed by atoms with E-state index in [9.17, 15) is 31.9 Å². The summed E-state index contributed by atoms with van der Waals surface area (Å²) in [5, 5.41) is 17.3. The number of nitrogens with zero attached hydrogens (tertiary/aromatic N) is 3. The van der Waals surface area contributed by atoms with Crippen molar-refractivity contribution < 1.29 is 41.8 Å². The van der Waals surface area contributed by atoms with Crippen LogP contribution in [-0.4, -0.2) is 49.7 Å². The largest absolute Gasteiger partial charge is 0.490 e. The van der Waals surface area contributed by atoms with Crippen LogP contribution in [0.15, 0.2) is 60.9 Å². The summed E-state index contributed by atoms with van der Waals surface area (Å²) in [6, 6.07) is 12.6. The van der Waals surface area contributed by atoms with Crippen LogP contribution in [0.2, 0.25) is 5.02 Å². The van der Waals surface area contributed by atoms with E-state index >= 15 is 0 Å². The number of aliphatic carboxylic acids is 1. The molecular weight excluding hydrogens is 648 g/mol. The number of carbonyl (C=O) groups excluding carboxylic acids is 3. The number of carbonyl (C=O) groups is 4. The van der Waals surface area contributed by atoms with E-state index in [1.807, 2.05) is 6.07 Å². The second kappa shape index (κ2) is 14.4. The molecule has 11 nitrogen and oxygen atoms in total. The molecule has 3 amide bonds. The van der Waals surface area contributed by atoms with Gasteiger partial charge < -0.3 is 21.5 Å². The number of aromatic nitrogens is 3. The molecule has 5 N–H and O–H groups in total. The van der Waals surface area contributed by atoms with Gasteiger partial charge in [-0.3, -0.25) is 19.4 Å². The average Bonchev–Trinajstić information content (AvgIpc) is 3.40. The number of carboxylic acid groups (broad SMARTS) is 1. The van der Waals surface area contributed by atoms with E-state index < -0.39 is 29.9 Å². The molecule has 3 heterocycles. The third-order valence-electron chi connectivity index (χ3n) is 7.14. The number of nitrogens with two attached hydrogens (primary N) is 1. The summed E-state index contributed by atoms with van der Waals surface area (Å²) in [6.07, 6.45) is -0.0356. The molecule has 4 aromatic rings. The second-order valence-corrected chi connectivity index (χ2v) is 10.8. The second-order valence-electron chi connectivity index (χ2n) is 10.3. The quantitative estimate of drug-likeness (QED) is 0.200. The van der Waals surface area contributed by atoms with Crippen LogP contribution in [0, 0.1) is 12.7 Å². The lowest BCUT2D eigenvalue weighted by atomic mass is 9.97. The maximum atomic E-state index is 14.6. The maximum Gasteiger partial charge on any atom is 0.490 e. The molecule has 5 rings (SSSR count). The van der Waals surface area contributed by atoms with Gasteiger partial charge >= 0.3 is 12.1 Å². The molecule has 2 aromatic carbocycles. The minimum Gasteiger partial charge on any atom is -0.475 e. The van der Waals surface area contributed by atoms with Gasteiger partial charge in [0.25, 0.3) is 5.91 Å². The molecule has 246 valence electrons. The number of alkyl halides is 3. The summed E-state index contributed by atoms with van der Waals surface area (Å²) >= 11 is 5.94. The first-order valence-corrected chi connectivity index (χ1v) is 14.3. The fraction of sp³-hybridized carbons (Fsp3) is 0.226. The highest BCUT2D eigenvalue weighted by Crippen LogP contribution is 2.32. The first-order valence-electron chi connectivity index (χ1n) is 14.0. The van der Waals surface area contributed by atoms with Gasteiger partial charge in [-0.15, -0.1) is 0 Å². The van der Waals surface area contributed by atoms with Gasteiger partial charge in [-0.1, -0.05) is 30.2 Å². The number of pyridine rings is 1. The smallest absolute Gasteiger partial charge is 0.475 e. The lowest BCUT2D eigenvalue weighted by Gasteiger charge is -2.21. The molecule has 47 heavy (non-hydrogen) atoms. The van der Waals surface area contributed by atoms with Crippen LogP contribution in [0.3, 0.4) is 0 Å². The van der Waals surface area contributed by atoms with Crippen molar-refractivity contribution >= 4 is 41.0 Å². The van der Waals surface area contributed by atoms with Crippen molar-refractivity contribution in [3.8, 4) is 16.8 Å². The topological polar surface area (TPSA) is 169 Å². The zero-order chi connectivity index (χ0) is 34.5. The number of rotatable bonds is 4. The lowest BCUT2D eigenvalue weighted by Crippen LogP contribution is -2.29. The Bertz CT molecular complexity index is 1850. The van der Waals surface area contributed by atoms with Crippen molar-refractivity contribution in [2.75, 3.05) is 5.32 Å². The molecular formula is C31H27ClF4N6O5. The van der Waals surface area contributed by atoms with Gasteiger partial charge in [0, 0.05) is 29.4 Å². The van der Waals surface area contributed by atoms with E-state index in [1.165, 1.54) is 23.0 Å². The van der Waals surface area contributed by atoms with Gasteiger partial charge in [-0.25, -0.2) is 13.9 Å². The van der Waals surface area contributed by atoms with Crippen LogP contribution in [0.5, 0.6) is 0 Å². The van der Waals surface area contributed by atoms with Crippen LogP contribution in [0.4, 0.5) is 23.2 Å². The molecule has 1 aliphatic heterocycles. The summed E-state index contributed by atoms with van der Waals surface area (Å²) in [6.45, 7) is 1.68. The summed E-state index contributed by atoms with van der Waals surface area (Å²) < 4.78 is 47.7. The van der Waals surface area contributed by atoms with Gasteiger partial charge in [0.2, 0.25) is 11.8 Å². The molecule has 0 saturated carbocycles. The molecule has 0 fully saturated rings. The molecule has 1 aliphatic rings. The Labute approximate surface area is 269 Å². The number of primary amides is 1. The van der Waals surface area contributed by atoms with Crippen molar-refractivity contribution in [2.45, 2.75) is 44.8 Å². The SMILES string of the molecule is Cc1c(C(=O)N[C@H]2CCCCC(=O)Nc3cc(C(N)=O)ccc3-c3ccnc2c3)cnn1-c1cccc(Cl)c1F.O=C(O)C(F)(F)F. The number of fused-ring (bicyclic) bond motifs is 4. The first-order chi connectivity index (χ1) is 22.2. The lowest BCUT2D eigenvalue weighted by molar-refractivity contribution is -0.192. The fourth-order valence-corrected chi connectivity index (χ4v) is 4.94. The predicted octanol–water partition coefficient (Wildman–Crippen LogP) is 5.75. The molecule has 1 atom stereocenters. The number of halogens is 5. The van der Waals surface area contributed by atoms with Crippen LogP contribution in [0.1, 0.15) is 63.8 Å². The molecule has 0 saturated heterocycles. The van der Waals surface area contributed by atoms with E-state index in [4.69, 9.17) is 27.2 Å². The molecule has 2 bridgehead atoms. The highest BCUT2D eigenvalue weighted by atomic mass is 35.5. The Morgan fingerprint density at radius 1 is 1.13 bits per heavy atom. The first kappa shape index (κ1) is 34.6. The molecule has 0 spiro atoms. The number of hydrogen-bond donors (Lipinski definition) is 4. The van der Waals surface area contributed by atoms with Crippen LogP contribution in [0.25, 0.3) is 16.8 Å². The average molecular weight is 675 g/mol. The Hall–Kier alpha value is -5.31. The normalized spacial score (nSPS) is 14.7. The predicted molar refractivity (Wildman–Crippen MR) is 162 cm³/mol. The Morgan fingerprint density at radius 2 is 1.85 bits per heavy atom. The van der Waals surface area contributed by atoms with Crippen molar-refractivity contribution in [3.63, 3.8) is 0 Å². The number of benzene rings is 2. The van der Waals surface area contributed by atoms with Gasteiger partial charge in [0.1, 0.15) is 5.69 Å². The van der Waals surface area contributed by atoms with E-state index in [0.29, 0.717) is 41.9 Å². The Balaban J connectivity index is 0.000000644. The van der Waals surface area contributed by atoms with Crippen molar-refractivity contribution in [3.05, 3.63) is 94.3 Å². The number of nitrogens with one attached hydrogen (secondary N) is 2. The van der Waals surface area contributed by atoms with Crippen LogP contribution in [-0.2, 0) is 9.59 Å². The van der Waals surface area contributed by atoms with Gasteiger partial charge in [-0.2, -0.15) is 18.3 Å². The summed E-state index contributed by atoms with van der Waals surface area (Å²) in [7, 11) is 0. The zero-order valence-electron chi connectivity index (χ0n) is 24.6. The van der Waals surface area contributed by atoms with E-state index in [1.54, 1.807) is 43.5 Å². The molecule has 0 radical (unpaired) electrons. The van der Waals surface area contributed by atoms with Crippen molar-refractivity contribution in [1.29, 1.82) is 0 Å². The molecule has 0 unspecified atom stereocenters. The number of carboxylic acids is 1. The summed E-state index contributed by atoms with van der Waals surface area (Å²) in [4.78, 5) is 51.3. The van der Waals surface area contributed by atoms with Crippen molar-refractivity contribution in [2.24, 2.45) is 5.73 Å². The summed E-state index contributed by atoms with van der Waals surface area (Å²) in [5.74, 6) is -4.56. The molecule has 2 aromatic heterocycles. The van der Waals surface area contributed by atoms with Crippen molar-refractivity contribution in [1.82, 2.24) is 20.1 Å². The monoisotopic (exact) mass is 674 g/mol. The maximum absolute atomic E-state index is 14.6. The number of amides is 3. The van der Waals surface area contributed by atoms with E-state index in [-0.39, 0.29) is 40.1 Å². The Kier molecular flexibility index (Phi) is 10.6. The zero-order valence-corrected chi connectivity index (χ0v) is 25.3. The highest BCUT2D eigenvalue weighted by Gasteiger charge is 2.38. The van der Waals surface area contributed by atoms with Gasteiger partial charge in [-0.05, 0) is 61.7 Å². The minimum atomic E-state index is -5.08. The van der Waals surface area contributed by atoms with E-state index in [0.717, 1.165) is 5.56 Å². The van der Waals surface area contributed by atoms with Crippen LogP contribution < -0.4 is 16.4 Å². The summed E-state index contributed by atoms with van der Waals surface area (Å²) in [5.41, 5.74) is 9.14. The third-order valence-corrected chi connectivity index (χ3v) is 7.43. The standard InChI is InChI=1S/C29H26ClFN6O3.C2HF3O2/c1-16-20(15-34-37(16)25-7-4-5-21(30)27(25)31)29(40)36-22-6-2-3-8-26(38)35-23-14-18(28(32)39)9-10-19(23)17-11-12-33-24(22)13-17;3-2(4,5)1(6)7/h4-5,7,9-15,22H,2-3,6,8H2,1H3,(H2,32,39)(H,35,38)(H,36,40);(H,6,7)/t22-;/m0./s1.